The van der Waals surface area contributed by atoms with Crippen molar-refractivity contribution >= 4 is 28.7 Å². The van der Waals surface area contributed by atoms with E-state index >= 15 is 0 Å². The van der Waals surface area contributed by atoms with Gasteiger partial charge in [0.25, 0.3) is 0 Å². The number of hydrogen-bond acceptors (Lipinski definition) is 4. The van der Waals surface area contributed by atoms with Crippen LogP contribution in [-0.2, 0) is 10.9 Å². The molecule has 2 aromatic rings. The molecule has 2 saturated heterocycles. The first-order valence-corrected chi connectivity index (χ1v) is 10.5. The Kier molecular flexibility index (Phi) is 5.69. The third-order valence-electron chi connectivity index (χ3n) is 5.36. The number of hydrogen-bond donors (Lipinski definition) is 1. The smallest absolute Gasteiger partial charge is 0.378 e. The highest BCUT2D eigenvalue weighted by Gasteiger charge is 2.34. The van der Waals surface area contributed by atoms with Gasteiger partial charge < -0.3 is 19.9 Å². The van der Waals surface area contributed by atoms with Crippen LogP contribution < -0.4 is 10.2 Å². The SMILES string of the molecule is O=C(Nc1cc(C(F)(F)F)ccc1N1CCOCC1)N1CCCC1c1ccsc1. The van der Waals surface area contributed by atoms with Gasteiger partial charge in [0.2, 0.25) is 0 Å². The van der Waals surface area contributed by atoms with E-state index in [0.717, 1.165) is 30.5 Å². The zero-order valence-electron chi connectivity index (χ0n) is 15.7. The van der Waals surface area contributed by atoms with Crippen LogP contribution in [0.4, 0.5) is 29.3 Å². The minimum Gasteiger partial charge on any atom is -0.378 e. The maximum Gasteiger partial charge on any atom is 0.416 e. The van der Waals surface area contributed by atoms with Crippen LogP contribution in [0.25, 0.3) is 0 Å². The molecule has 2 aliphatic rings. The summed E-state index contributed by atoms with van der Waals surface area (Å²) in [5, 5.41) is 6.74. The third kappa shape index (κ3) is 4.35. The molecule has 0 saturated carbocycles. The predicted molar refractivity (Wildman–Crippen MR) is 106 cm³/mol. The Morgan fingerprint density at radius 1 is 1.17 bits per heavy atom. The average molecular weight is 425 g/mol. The van der Waals surface area contributed by atoms with Gasteiger partial charge >= 0.3 is 12.2 Å². The largest absolute Gasteiger partial charge is 0.416 e. The summed E-state index contributed by atoms with van der Waals surface area (Å²) < 4.78 is 45.2. The Bertz CT molecular complexity index is 851. The lowest BCUT2D eigenvalue weighted by molar-refractivity contribution is -0.137. The van der Waals surface area contributed by atoms with Crippen LogP contribution in [0.5, 0.6) is 0 Å². The fourth-order valence-corrected chi connectivity index (χ4v) is 4.61. The topological polar surface area (TPSA) is 44.8 Å². The Morgan fingerprint density at radius 2 is 1.97 bits per heavy atom. The standard InChI is InChI=1S/C20H22F3N3O2S/c21-20(22,23)15-3-4-18(25-7-9-28-10-8-25)16(12-15)24-19(27)26-6-1-2-17(26)14-5-11-29-13-14/h3-5,11-13,17H,1-2,6-10H2,(H,24,27). The maximum absolute atomic E-state index is 13.3. The fraction of sp³-hybridized carbons (Fsp3) is 0.450. The maximum atomic E-state index is 13.3. The number of likely N-dealkylation sites (tertiary alicyclic amines) is 1. The third-order valence-corrected chi connectivity index (χ3v) is 6.06. The zero-order valence-corrected chi connectivity index (χ0v) is 16.6. The normalized spacial score (nSPS) is 20.2. The minimum atomic E-state index is -4.48. The molecular formula is C20H22F3N3O2S. The summed E-state index contributed by atoms with van der Waals surface area (Å²) in [4.78, 5) is 16.7. The summed E-state index contributed by atoms with van der Waals surface area (Å²) in [5.41, 5.74) is 1.06. The van der Waals surface area contributed by atoms with Gasteiger partial charge in [-0.3, -0.25) is 0 Å². The number of morpholine rings is 1. The number of carbonyl (C=O) groups excluding carboxylic acids is 1. The number of thiophene rings is 1. The summed E-state index contributed by atoms with van der Waals surface area (Å²) in [6.45, 7) is 2.71. The van der Waals surface area contributed by atoms with Crippen LogP contribution >= 0.6 is 11.3 Å². The van der Waals surface area contributed by atoms with Gasteiger partial charge in [-0.05, 0) is 53.4 Å². The lowest BCUT2D eigenvalue weighted by Gasteiger charge is -2.32. The molecule has 1 unspecified atom stereocenters. The van der Waals surface area contributed by atoms with Crippen LogP contribution in [-0.4, -0.2) is 43.8 Å². The monoisotopic (exact) mass is 425 g/mol. The van der Waals surface area contributed by atoms with Crippen LogP contribution in [0.15, 0.2) is 35.0 Å². The van der Waals surface area contributed by atoms with Crippen molar-refractivity contribution in [2.75, 3.05) is 43.1 Å². The Morgan fingerprint density at radius 3 is 2.66 bits per heavy atom. The fourth-order valence-electron chi connectivity index (χ4n) is 3.90. The van der Waals surface area contributed by atoms with Gasteiger partial charge in [-0.25, -0.2) is 4.79 Å². The second-order valence-electron chi connectivity index (χ2n) is 7.17. The van der Waals surface area contributed by atoms with Crippen molar-refractivity contribution < 1.29 is 22.7 Å². The number of carbonyl (C=O) groups is 1. The second-order valence-corrected chi connectivity index (χ2v) is 7.95. The van der Waals surface area contributed by atoms with Gasteiger partial charge in [0.05, 0.1) is 36.2 Å². The average Bonchev–Trinajstić information content (AvgIpc) is 3.39. The number of amides is 2. The van der Waals surface area contributed by atoms with E-state index in [1.54, 1.807) is 16.2 Å². The molecule has 2 amide bonds. The Balaban J connectivity index is 1.60. The number of nitrogens with zero attached hydrogens (tertiary/aromatic N) is 2. The van der Waals surface area contributed by atoms with Gasteiger partial charge in [0.1, 0.15) is 0 Å². The number of urea groups is 1. The predicted octanol–water partition coefficient (Wildman–Crippen LogP) is 4.97. The van der Waals surface area contributed by atoms with Gasteiger partial charge in [-0.2, -0.15) is 24.5 Å². The zero-order chi connectivity index (χ0) is 20.4. The molecule has 1 atom stereocenters. The van der Waals surface area contributed by atoms with Crippen LogP contribution in [0.1, 0.15) is 30.0 Å². The molecule has 0 radical (unpaired) electrons. The molecule has 1 aromatic carbocycles. The molecule has 0 aliphatic carbocycles. The van der Waals surface area contributed by atoms with Crippen LogP contribution in [0.3, 0.4) is 0 Å². The van der Waals surface area contributed by atoms with E-state index in [-0.39, 0.29) is 17.8 Å². The minimum absolute atomic E-state index is 0.0427. The molecule has 29 heavy (non-hydrogen) atoms. The van der Waals surface area contributed by atoms with Crippen LogP contribution in [0, 0.1) is 0 Å². The van der Waals surface area contributed by atoms with Crippen molar-refractivity contribution in [2.45, 2.75) is 25.1 Å². The lowest BCUT2D eigenvalue weighted by Crippen LogP contribution is -2.38. The lowest BCUT2D eigenvalue weighted by atomic mass is 10.1. The molecule has 9 heteroatoms. The Hall–Kier alpha value is -2.26. The van der Waals surface area contributed by atoms with Crippen molar-refractivity contribution in [3.8, 4) is 0 Å². The van der Waals surface area contributed by atoms with Crippen molar-refractivity contribution in [1.82, 2.24) is 4.90 Å². The first kappa shape index (κ1) is 20.0. The van der Waals surface area contributed by atoms with Crippen molar-refractivity contribution in [3.05, 3.63) is 46.2 Å². The summed E-state index contributed by atoms with van der Waals surface area (Å²) in [6, 6.07) is 5.10. The molecule has 0 spiro atoms. The molecule has 0 bridgehead atoms. The summed E-state index contributed by atoms with van der Waals surface area (Å²) >= 11 is 1.57. The number of halogens is 3. The molecule has 5 nitrogen and oxygen atoms in total. The molecule has 4 rings (SSSR count). The van der Waals surface area contributed by atoms with E-state index in [9.17, 15) is 18.0 Å². The van der Waals surface area contributed by atoms with E-state index in [0.29, 0.717) is 38.5 Å². The van der Waals surface area contributed by atoms with Gasteiger partial charge in [-0.15, -0.1) is 0 Å². The number of ether oxygens (including phenoxy) is 1. The van der Waals surface area contributed by atoms with E-state index in [1.807, 2.05) is 21.7 Å². The van der Waals surface area contributed by atoms with Crippen molar-refractivity contribution in [1.29, 1.82) is 0 Å². The quantitative estimate of drug-likeness (QED) is 0.755. The molecular weight excluding hydrogens is 403 g/mol. The first-order chi connectivity index (χ1) is 13.9. The van der Waals surface area contributed by atoms with E-state index in [4.69, 9.17) is 4.74 Å². The van der Waals surface area contributed by atoms with Crippen molar-refractivity contribution in [3.63, 3.8) is 0 Å². The number of alkyl halides is 3. The first-order valence-electron chi connectivity index (χ1n) is 9.57. The summed E-state index contributed by atoms with van der Waals surface area (Å²) in [5.74, 6) is 0. The molecule has 3 heterocycles. The van der Waals surface area contributed by atoms with Gasteiger partial charge in [0, 0.05) is 19.6 Å². The number of benzene rings is 1. The summed E-state index contributed by atoms with van der Waals surface area (Å²) in [7, 11) is 0. The summed E-state index contributed by atoms with van der Waals surface area (Å²) in [6.07, 6.45) is -2.76. The number of rotatable bonds is 3. The van der Waals surface area contributed by atoms with Gasteiger partial charge in [-0.1, -0.05) is 0 Å². The Labute approximate surface area is 171 Å². The highest BCUT2D eigenvalue weighted by Crippen LogP contribution is 2.37. The molecule has 1 aromatic heterocycles. The number of anilines is 2. The second kappa shape index (κ2) is 8.23. The highest BCUT2D eigenvalue weighted by atomic mass is 32.1. The molecule has 2 aliphatic heterocycles. The van der Waals surface area contributed by atoms with E-state index in [2.05, 4.69) is 5.32 Å². The van der Waals surface area contributed by atoms with Crippen LogP contribution in [0.2, 0.25) is 0 Å². The number of nitrogens with one attached hydrogen (secondary N) is 1. The van der Waals surface area contributed by atoms with E-state index < -0.39 is 11.7 Å². The van der Waals surface area contributed by atoms with E-state index in [1.165, 1.54) is 6.07 Å². The molecule has 2 fully saturated rings. The molecule has 1 N–H and O–H groups in total. The van der Waals surface area contributed by atoms with Gasteiger partial charge in [0.15, 0.2) is 0 Å². The highest BCUT2D eigenvalue weighted by molar-refractivity contribution is 7.08. The van der Waals surface area contributed by atoms with Crippen molar-refractivity contribution in [2.24, 2.45) is 0 Å². The molecule has 156 valence electrons.